The van der Waals surface area contributed by atoms with Gasteiger partial charge in [0.05, 0.1) is 0 Å². The van der Waals surface area contributed by atoms with Crippen LogP contribution in [0, 0.1) is 0 Å². The third-order valence-electron chi connectivity index (χ3n) is 2.25. The maximum atomic E-state index is 4.46. The Morgan fingerprint density at radius 1 is 1.27 bits per heavy atom. The minimum absolute atomic E-state index is 0.807. The first-order chi connectivity index (χ1) is 7.31. The highest BCUT2D eigenvalue weighted by molar-refractivity contribution is 5.40. The molecule has 0 fully saturated rings. The Balaban J connectivity index is 2.72. The minimum atomic E-state index is 0.807. The highest BCUT2D eigenvalue weighted by atomic mass is 15.3. The van der Waals surface area contributed by atoms with Crippen molar-refractivity contribution in [1.82, 2.24) is 9.97 Å². The van der Waals surface area contributed by atoms with Gasteiger partial charge in [-0.2, -0.15) is 4.98 Å². The summed E-state index contributed by atoms with van der Waals surface area (Å²) in [5.74, 6) is 1.72. The molecule has 0 unspecified atom stereocenters. The van der Waals surface area contributed by atoms with E-state index in [0.29, 0.717) is 0 Å². The molecule has 1 N–H and O–H groups in total. The van der Waals surface area contributed by atoms with E-state index < -0.39 is 0 Å². The van der Waals surface area contributed by atoms with Crippen LogP contribution in [0.3, 0.4) is 0 Å². The summed E-state index contributed by atoms with van der Waals surface area (Å²) in [7, 11) is 0. The molecule has 1 heterocycles. The van der Waals surface area contributed by atoms with Gasteiger partial charge in [0.1, 0.15) is 5.82 Å². The van der Waals surface area contributed by atoms with Gasteiger partial charge in [-0.05, 0) is 26.3 Å². The predicted octanol–water partition coefficient (Wildman–Crippen LogP) is 2.14. The Bertz CT molecular complexity index is 284. The lowest BCUT2D eigenvalue weighted by molar-refractivity contribution is 0.820. The molecule has 0 spiro atoms. The van der Waals surface area contributed by atoms with Gasteiger partial charge < -0.3 is 10.2 Å². The first kappa shape index (κ1) is 11.8. The number of aromatic nitrogens is 2. The average Bonchev–Trinajstić information content (AvgIpc) is 2.29. The topological polar surface area (TPSA) is 41.1 Å². The monoisotopic (exact) mass is 208 g/mol. The zero-order valence-electron chi connectivity index (χ0n) is 9.82. The van der Waals surface area contributed by atoms with Crippen LogP contribution in [0.1, 0.15) is 27.2 Å². The van der Waals surface area contributed by atoms with Crippen molar-refractivity contribution in [3.05, 3.63) is 12.3 Å². The van der Waals surface area contributed by atoms with E-state index in [-0.39, 0.29) is 0 Å². The van der Waals surface area contributed by atoms with Crippen molar-refractivity contribution in [2.45, 2.75) is 27.2 Å². The highest BCUT2D eigenvalue weighted by Gasteiger charge is 2.04. The lowest BCUT2D eigenvalue weighted by atomic mass is 10.4. The molecule has 15 heavy (non-hydrogen) atoms. The molecule has 0 atom stereocenters. The van der Waals surface area contributed by atoms with Crippen LogP contribution in [-0.2, 0) is 0 Å². The van der Waals surface area contributed by atoms with Crippen molar-refractivity contribution >= 4 is 11.8 Å². The summed E-state index contributed by atoms with van der Waals surface area (Å²) in [4.78, 5) is 10.9. The average molecular weight is 208 g/mol. The fourth-order valence-corrected chi connectivity index (χ4v) is 1.36. The fourth-order valence-electron chi connectivity index (χ4n) is 1.36. The number of nitrogens with one attached hydrogen (secondary N) is 1. The van der Waals surface area contributed by atoms with E-state index >= 15 is 0 Å². The smallest absolute Gasteiger partial charge is 0.227 e. The normalized spacial score (nSPS) is 10.1. The van der Waals surface area contributed by atoms with Crippen molar-refractivity contribution in [3.63, 3.8) is 0 Å². The van der Waals surface area contributed by atoms with Crippen molar-refractivity contribution in [2.24, 2.45) is 0 Å². The molecular weight excluding hydrogens is 188 g/mol. The van der Waals surface area contributed by atoms with E-state index in [1.54, 1.807) is 6.20 Å². The molecule has 4 heteroatoms. The zero-order chi connectivity index (χ0) is 11.1. The molecule has 0 aromatic carbocycles. The van der Waals surface area contributed by atoms with Gasteiger partial charge >= 0.3 is 0 Å². The molecule has 1 aromatic heterocycles. The van der Waals surface area contributed by atoms with Crippen molar-refractivity contribution in [2.75, 3.05) is 29.9 Å². The van der Waals surface area contributed by atoms with Gasteiger partial charge in [0.25, 0.3) is 0 Å². The number of rotatable bonds is 6. The second-order valence-electron chi connectivity index (χ2n) is 3.34. The zero-order valence-corrected chi connectivity index (χ0v) is 9.82. The van der Waals surface area contributed by atoms with Crippen LogP contribution in [0.15, 0.2) is 12.3 Å². The molecule has 0 saturated carbocycles. The third kappa shape index (κ3) is 3.38. The minimum Gasteiger partial charge on any atom is -0.370 e. The second kappa shape index (κ2) is 6.22. The molecule has 84 valence electrons. The lowest BCUT2D eigenvalue weighted by Gasteiger charge is -2.18. The van der Waals surface area contributed by atoms with Crippen LogP contribution in [-0.4, -0.2) is 29.6 Å². The third-order valence-corrected chi connectivity index (χ3v) is 2.25. The first-order valence-electron chi connectivity index (χ1n) is 5.63. The summed E-state index contributed by atoms with van der Waals surface area (Å²) in [6.07, 6.45) is 2.91. The Morgan fingerprint density at radius 3 is 2.60 bits per heavy atom. The van der Waals surface area contributed by atoms with E-state index in [4.69, 9.17) is 0 Å². The van der Waals surface area contributed by atoms with E-state index in [1.165, 1.54) is 0 Å². The van der Waals surface area contributed by atoms with E-state index in [0.717, 1.165) is 37.8 Å². The van der Waals surface area contributed by atoms with Crippen molar-refractivity contribution < 1.29 is 0 Å². The maximum Gasteiger partial charge on any atom is 0.227 e. The highest BCUT2D eigenvalue weighted by Crippen LogP contribution is 2.10. The van der Waals surface area contributed by atoms with Crippen LogP contribution in [0.25, 0.3) is 0 Å². The molecule has 0 saturated heterocycles. The predicted molar refractivity (Wildman–Crippen MR) is 64.4 cm³/mol. The fraction of sp³-hybridized carbons (Fsp3) is 0.636. The molecule has 0 aliphatic heterocycles. The van der Waals surface area contributed by atoms with Gasteiger partial charge in [0.2, 0.25) is 5.95 Å². The van der Waals surface area contributed by atoms with Gasteiger partial charge in [0.15, 0.2) is 0 Å². The number of nitrogens with zero attached hydrogens (tertiary/aromatic N) is 3. The largest absolute Gasteiger partial charge is 0.370 e. The maximum absolute atomic E-state index is 4.46. The van der Waals surface area contributed by atoms with E-state index in [1.807, 2.05) is 6.07 Å². The van der Waals surface area contributed by atoms with Crippen LogP contribution in [0.4, 0.5) is 11.8 Å². The summed E-state index contributed by atoms with van der Waals surface area (Å²) in [6, 6.07) is 1.91. The van der Waals surface area contributed by atoms with Crippen molar-refractivity contribution in [3.8, 4) is 0 Å². The molecule has 0 aliphatic carbocycles. The summed E-state index contributed by atoms with van der Waals surface area (Å²) in [5.41, 5.74) is 0. The van der Waals surface area contributed by atoms with Gasteiger partial charge in [0, 0.05) is 25.8 Å². The Labute approximate surface area is 91.7 Å². The summed E-state index contributed by atoms with van der Waals surface area (Å²) in [5, 5.41) is 3.26. The Morgan fingerprint density at radius 2 is 2.00 bits per heavy atom. The molecule has 0 aliphatic rings. The van der Waals surface area contributed by atoms with Gasteiger partial charge in [-0.15, -0.1) is 0 Å². The standard InChI is InChI=1S/C11H20N4/c1-4-8-12-10-7-9-13-11(14-10)15(5-2)6-3/h7,9H,4-6,8H2,1-3H3,(H,12,13,14). The molecule has 0 radical (unpaired) electrons. The molecule has 1 aromatic rings. The SMILES string of the molecule is CCCNc1ccnc(N(CC)CC)n1. The van der Waals surface area contributed by atoms with Gasteiger partial charge in [-0.3, -0.25) is 0 Å². The summed E-state index contributed by atoms with van der Waals surface area (Å²) < 4.78 is 0. The molecular formula is C11H20N4. The molecule has 0 bridgehead atoms. The van der Waals surface area contributed by atoms with Crippen LogP contribution < -0.4 is 10.2 Å². The van der Waals surface area contributed by atoms with E-state index in [2.05, 4.69) is 41.0 Å². The van der Waals surface area contributed by atoms with Crippen molar-refractivity contribution in [1.29, 1.82) is 0 Å². The van der Waals surface area contributed by atoms with Crippen LogP contribution in [0.2, 0.25) is 0 Å². The summed E-state index contributed by atoms with van der Waals surface area (Å²) in [6.45, 7) is 9.19. The van der Waals surface area contributed by atoms with E-state index in [9.17, 15) is 0 Å². The number of hydrogen-bond donors (Lipinski definition) is 1. The Hall–Kier alpha value is -1.32. The quantitative estimate of drug-likeness (QED) is 0.777. The second-order valence-corrected chi connectivity index (χ2v) is 3.34. The number of hydrogen-bond acceptors (Lipinski definition) is 4. The van der Waals surface area contributed by atoms with Gasteiger partial charge in [-0.25, -0.2) is 4.98 Å². The lowest BCUT2D eigenvalue weighted by Crippen LogP contribution is -2.24. The first-order valence-corrected chi connectivity index (χ1v) is 5.63. The van der Waals surface area contributed by atoms with Gasteiger partial charge in [-0.1, -0.05) is 6.92 Å². The molecule has 1 rings (SSSR count). The van der Waals surface area contributed by atoms with Crippen LogP contribution >= 0.6 is 0 Å². The van der Waals surface area contributed by atoms with Crippen LogP contribution in [0.5, 0.6) is 0 Å². The molecule has 4 nitrogen and oxygen atoms in total. The Kier molecular flexibility index (Phi) is 4.87. The molecule has 0 amide bonds. The summed E-state index contributed by atoms with van der Waals surface area (Å²) >= 11 is 0. The number of anilines is 2.